The fourth-order valence-corrected chi connectivity index (χ4v) is 4.28. The van der Waals surface area contributed by atoms with Gasteiger partial charge in [-0.1, -0.05) is 6.07 Å². The monoisotopic (exact) mass is 468 g/mol. The van der Waals surface area contributed by atoms with Gasteiger partial charge >= 0.3 is 0 Å². The van der Waals surface area contributed by atoms with Crippen LogP contribution in [0.15, 0.2) is 71.6 Å². The highest BCUT2D eigenvalue weighted by Gasteiger charge is 2.17. The second-order valence-electron chi connectivity index (χ2n) is 7.66. The van der Waals surface area contributed by atoms with Gasteiger partial charge in [-0.2, -0.15) is 0 Å². The third kappa shape index (κ3) is 6.73. The van der Waals surface area contributed by atoms with Crippen molar-refractivity contribution < 1.29 is 22.7 Å². The average molecular weight is 469 g/mol. The predicted octanol–water partition coefficient (Wildman–Crippen LogP) is 4.91. The molecular weight excluding hydrogens is 440 g/mol. The zero-order valence-electron chi connectivity index (χ0n) is 19.1. The second-order valence-corrected chi connectivity index (χ2v) is 9.34. The molecule has 1 amide bonds. The van der Waals surface area contributed by atoms with Crippen molar-refractivity contribution >= 4 is 27.3 Å². The van der Waals surface area contributed by atoms with E-state index >= 15 is 0 Å². The number of sulfonamides is 1. The lowest BCUT2D eigenvalue weighted by atomic mass is 10.1. The van der Waals surface area contributed by atoms with Gasteiger partial charge in [0, 0.05) is 11.4 Å². The number of amides is 1. The summed E-state index contributed by atoms with van der Waals surface area (Å²) in [4.78, 5) is 12.6. The van der Waals surface area contributed by atoms with Crippen LogP contribution in [0.25, 0.3) is 0 Å². The normalized spacial score (nSPS) is 12.0. The minimum absolute atomic E-state index is 0.0777. The number of carbonyl (C=O) groups is 1. The summed E-state index contributed by atoms with van der Waals surface area (Å²) in [6.45, 7) is 7.99. The summed E-state index contributed by atoms with van der Waals surface area (Å²) in [5.41, 5.74) is 2.99. The number of anilines is 2. The van der Waals surface area contributed by atoms with Crippen molar-refractivity contribution in [3.63, 3.8) is 0 Å². The van der Waals surface area contributed by atoms with Gasteiger partial charge in [0.15, 0.2) is 6.10 Å². The highest BCUT2D eigenvalue weighted by molar-refractivity contribution is 7.92. The Morgan fingerprint density at radius 1 is 0.879 bits per heavy atom. The van der Waals surface area contributed by atoms with Gasteiger partial charge in [-0.05, 0) is 99.5 Å². The number of hydrogen-bond donors (Lipinski definition) is 2. The van der Waals surface area contributed by atoms with Gasteiger partial charge < -0.3 is 14.8 Å². The van der Waals surface area contributed by atoms with Crippen molar-refractivity contribution in [2.75, 3.05) is 16.6 Å². The molecular formula is C25H28N2O5S. The van der Waals surface area contributed by atoms with Gasteiger partial charge in [0.25, 0.3) is 15.9 Å². The summed E-state index contributed by atoms with van der Waals surface area (Å²) < 4.78 is 39.0. The van der Waals surface area contributed by atoms with E-state index in [2.05, 4.69) is 10.0 Å². The number of benzene rings is 3. The van der Waals surface area contributed by atoms with E-state index in [-0.39, 0.29) is 10.8 Å². The minimum Gasteiger partial charge on any atom is -0.494 e. The van der Waals surface area contributed by atoms with Crippen LogP contribution in [0.5, 0.6) is 11.5 Å². The van der Waals surface area contributed by atoms with E-state index < -0.39 is 16.1 Å². The van der Waals surface area contributed by atoms with Gasteiger partial charge in [-0.15, -0.1) is 0 Å². The van der Waals surface area contributed by atoms with Crippen molar-refractivity contribution in [3.8, 4) is 11.5 Å². The van der Waals surface area contributed by atoms with E-state index in [9.17, 15) is 13.2 Å². The first kappa shape index (κ1) is 24.1. The molecule has 3 aromatic rings. The first-order valence-electron chi connectivity index (χ1n) is 10.6. The van der Waals surface area contributed by atoms with E-state index in [1.54, 1.807) is 31.2 Å². The minimum atomic E-state index is -3.78. The third-order valence-corrected chi connectivity index (χ3v) is 6.12. The maximum atomic E-state index is 12.7. The maximum absolute atomic E-state index is 12.7. The molecule has 0 spiro atoms. The Morgan fingerprint density at radius 2 is 1.45 bits per heavy atom. The fourth-order valence-electron chi connectivity index (χ4n) is 3.22. The second kappa shape index (κ2) is 10.4. The van der Waals surface area contributed by atoms with E-state index in [4.69, 9.17) is 9.47 Å². The highest BCUT2D eigenvalue weighted by atomic mass is 32.2. The van der Waals surface area contributed by atoms with E-state index in [1.807, 2.05) is 39.0 Å². The molecule has 1 atom stereocenters. The van der Waals surface area contributed by atoms with Crippen LogP contribution in [-0.2, 0) is 14.8 Å². The Balaban J connectivity index is 1.62. The van der Waals surface area contributed by atoms with Crippen LogP contribution in [0.4, 0.5) is 11.4 Å². The van der Waals surface area contributed by atoms with Crippen LogP contribution in [0.1, 0.15) is 25.0 Å². The summed E-state index contributed by atoms with van der Waals surface area (Å²) in [5.74, 6) is 0.950. The summed E-state index contributed by atoms with van der Waals surface area (Å²) in [6, 6.07) is 18.4. The van der Waals surface area contributed by atoms with Crippen molar-refractivity contribution in [1.82, 2.24) is 0 Å². The van der Waals surface area contributed by atoms with Crippen LogP contribution < -0.4 is 19.5 Å². The molecule has 0 aliphatic rings. The molecule has 8 heteroatoms. The molecule has 0 radical (unpaired) electrons. The number of rotatable bonds is 9. The molecule has 0 unspecified atom stereocenters. The largest absolute Gasteiger partial charge is 0.494 e. The molecule has 0 aliphatic carbocycles. The van der Waals surface area contributed by atoms with E-state index in [1.165, 1.54) is 24.3 Å². The Bertz CT molecular complexity index is 1190. The predicted molar refractivity (Wildman–Crippen MR) is 129 cm³/mol. The van der Waals surface area contributed by atoms with Gasteiger partial charge in [-0.25, -0.2) is 8.42 Å². The Hall–Kier alpha value is -3.52. The third-order valence-electron chi connectivity index (χ3n) is 4.73. The van der Waals surface area contributed by atoms with Crippen LogP contribution in [0.3, 0.4) is 0 Å². The zero-order chi connectivity index (χ0) is 24.0. The van der Waals surface area contributed by atoms with E-state index in [0.29, 0.717) is 29.5 Å². The number of carbonyl (C=O) groups excluding carboxylic acids is 1. The first-order chi connectivity index (χ1) is 15.7. The van der Waals surface area contributed by atoms with Crippen LogP contribution >= 0.6 is 0 Å². The lowest BCUT2D eigenvalue weighted by Crippen LogP contribution is -2.30. The Labute approximate surface area is 194 Å². The van der Waals surface area contributed by atoms with Crippen LogP contribution in [0.2, 0.25) is 0 Å². The van der Waals surface area contributed by atoms with E-state index in [0.717, 1.165) is 11.1 Å². The topological polar surface area (TPSA) is 93.7 Å². The molecule has 2 N–H and O–H groups in total. The van der Waals surface area contributed by atoms with Crippen molar-refractivity contribution in [3.05, 3.63) is 77.9 Å². The number of aryl methyl sites for hydroxylation is 2. The summed E-state index contributed by atoms with van der Waals surface area (Å²) in [7, 11) is -3.78. The van der Waals surface area contributed by atoms with Crippen molar-refractivity contribution in [1.29, 1.82) is 0 Å². The van der Waals surface area contributed by atoms with Crippen LogP contribution in [0, 0.1) is 13.8 Å². The average Bonchev–Trinajstić information content (AvgIpc) is 2.75. The lowest BCUT2D eigenvalue weighted by Gasteiger charge is -2.16. The molecule has 33 heavy (non-hydrogen) atoms. The van der Waals surface area contributed by atoms with Gasteiger partial charge in [-0.3, -0.25) is 9.52 Å². The Kier molecular flexibility index (Phi) is 7.60. The Morgan fingerprint density at radius 3 is 2.03 bits per heavy atom. The summed E-state index contributed by atoms with van der Waals surface area (Å²) in [6.07, 6.45) is -0.726. The van der Waals surface area contributed by atoms with Crippen LogP contribution in [-0.4, -0.2) is 27.0 Å². The smallest absolute Gasteiger partial charge is 0.265 e. The quantitative estimate of drug-likeness (QED) is 0.465. The molecule has 0 saturated heterocycles. The summed E-state index contributed by atoms with van der Waals surface area (Å²) >= 11 is 0. The van der Waals surface area contributed by atoms with Gasteiger partial charge in [0.1, 0.15) is 11.5 Å². The molecule has 3 rings (SSSR count). The lowest BCUT2D eigenvalue weighted by molar-refractivity contribution is -0.122. The molecule has 3 aromatic carbocycles. The highest BCUT2D eigenvalue weighted by Crippen LogP contribution is 2.22. The van der Waals surface area contributed by atoms with Gasteiger partial charge in [0.05, 0.1) is 11.5 Å². The number of nitrogens with one attached hydrogen (secondary N) is 2. The molecule has 0 aromatic heterocycles. The van der Waals surface area contributed by atoms with Crippen molar-refractivity contribution in [2.45, 2.75) is 38.7 Å². The molecule has 0 heterocycles. The molecule has 0 fully saturated rings. The summed E-state index contributed by atoms with van der Waals surface area (Å²) in [5, 5.41) is 2.74. The number of ether oxygens (including phenoxy) is 2. The number of hydrogen-bond acceptors (Lipinski definition) is 5. The first-order valence-corrected chi connectivity index (χ1v) is 12.1. The zero-order valence-corrected chi connectivity index (χ0v) is 19.9. The van der Waals surface area contributed by atoms with Crippen molar-refractivity contribution in [2.24, 2.45) is 0 Å². The maximum Gasteiger partial charge on any atom is 0.265 e. The van der Waals surface area contributed by atoms with Gasteiger partial charge in [0.2, 0.25) is 0 Å². The molecule has 174 valence electrons. The molecule has 0 aliphatic heterocycles. The SMILES string of the molecule is CCOc1ccc(NS(=O)(=O)c2ccc(NC(=O)[C@@H](C)Oc3cc(C)cc(C)c3)cc2)cc1. The molecule has 0 bridgehead atoms. The molecule has 0 saturated carbocycles. The standard InChI is InChI=1S/C25H28N2O5S/c1-5-31-22-10-6-21(7-11-22)27-33(29,30)24-12-8-20(9-13-24)26-25(28)19(4)32-23-15-17(2)14-18(3)16-23/h6-16,19,27H,5H2,1-4H3,(H,26,28)/t19-/m1/s1. The molecule has 7 nitrogen and oxygen atoms in total. The fraction of sp³-hybridized carbons (Fsp3) is 0.240.